The van der Waals surface area contributed by atoms with Crippen LogP contribution in [0.25, 0.3) is 0 Å². The lowest BCUT2D eigenvalue weighted by molar-refractivity contribution is 0.409. The Morgan fingerprint density at radius 2 is 0.857 bits per heavy atom. The molecule has 0 radical (unpaired) electrons. The highest BCUT2D eigenvalue weighted by Crippen LogP contribution is 2.43. The lowest BCUT2D eigenvalue weighted by atomic mass is 9.93. The van der Waals surface area contributed by atoms with E-state index in [0.29, 0.717) is 21.3 Å². The van der Waals surface area contributed by atoms with Gasteiger partial charge in [0.15, 0.2) is 0 Å². The fourth-order valence-corrected chi connectivity index (χ4v) is 4.10. The molecule has 0 aromatic carbocycles. The molecular weight excluding hydrogens is 208 g/mol. The molecule has 0 heterocycles. The van der Waals surface area contributed by atoms with Gasteiger partial charge in [0.1, 0.15) is 0 Å². The normalized spacial score (nSPS) is 18.0. The summed E-state index contributed by atoms with van der Waals surface area (Å²) in [5.74, 6) is 0. The second kappa shape index (κ2) is 5.16. The molecular formula is C12H26S2. The molecule has 0 amide bonds. The summed E-state index contributed by atoms with van der Waals surface area (Å²) < 4.78 is 0. The molecule has 0 aliphatic heterocycles. The molecule has 0 N–H and O–H groups in total. The van der Waals surface area contributed by atoms with Gasteiger partial charge in [-0.3, -0.25) is 0 Å². The number of hydrogen-bond acceptors (Lipinski definition) is 2. The van der Waals surface area contributed by atoms with Gasteiger partial charge in [-0.25, -0.2) is 0 Å². The highest BCUT2D eigenvalue weighted by Gasteiger charge is 2.25. The molecule has 0 aromatic heterocycles. The van der Waals surface area contributed by atoms with E-state index >= 15 is 0 Å². The summed E-state index contributed by atoms with van der Waals surface area (Å²) in [4.78, 5) is 0. The van der Waals surface area contributed by atoms with Crippen molar-refractivity contribution in [1.82, 2.24) is 0 Å². The third-order valence-corrected chi connectivity index (χ3v) is 6.95. The van der Waals surface area contributed by atoms with Crippen LogP contribution in [0.15, 0.2) is 0 Å². The van der Waals surface area contributed by atoms with Gasteiger partial charge in [0, 0.05) is 10.5 Å². The molecule has 2 atom stereocenters. The zero-order valence-electron chi connectivity index (χ0n) is 11.0. The van der Waals surface area contributed by atoms with Gasteiger partial charge >= 0.3 is 0 Å². The molecule has 0 fully saturated rings. The smallest absolute Gasteiger partial charge is 0.0171 e. The first-order valence-electron chi connectivity index (χ1n) is 5.37. The molecule has 0 aliphatic rings. The van der Waals surface area contributed by atoms with Crippen LogP contribution in [0.3, 0.4) is 0 Å². The molecule has 2 unspecified atom stereocenters. The van der Waals surface area contributed by atoms with Crippen LogP contribution in [0.4, 0.5) is 0 Å². The minimum atomic E-state index is 0.412. The average Bonchev–Trinajstić information content (AvgIpc) is 1.95. The summed E-state index contributed by atoms with van der Waals surface area (Å²) in [7, 11) is 4.07. The Hall–Kier alpha value is 0.700. The second-order valence-corrected chi connectivity index (χ2v) is 9.16. The topological polar surface area (TPSA) is 0 Å². The molecule has 0 nitrogen and oxygen atoms in total. The largest absolute Gasteiger partial charge is 0.0902 e. The van der Waals surface area contributed by atoms with Crippen LogP contribution >= 0.6 is 21.6 Å². The van der Waals surface area contributed by atoms with Gasteiger partial charge < -0.3 is 0 Å². The van der Waals surface area contributed by atoms with E-state index in [0.717, 1.165) is 0 Å². The van der Waals surface area contributed by atoms with E-state index in [1.165, 1.54) is 0 Å². The fourth-order valence-electron chi connectivity index (χ4n) is 0.455. The van der Waals surface area contributed by atoms with Gasteiger partial charge in [0.05, 0.1) is 0 Å². The van der Waals surface area contributed by atoms with E-state index in [9.17, 15) is 0 Å². The van der Waals surface area contributed by atoms with Crippen molar-refractivity contribution in [2.24, 2.45) is 10.8 Å². The first kappa shape index (κ1) is 14.7. The maximum atomic E-state index is 2.33. The van der Waals surface area contributed by atoms with Crippen LogP contribution in [0.5, 0.6) is 0 Å². The molecule has 0 bridgehead atoms. The second-order valence-electron chi connectivity index (χ2n) is 6.21. The third-order valence-electron chi connectivity index (χ3n) is 2.78. The predicted octanol–water partition coefficient (Wildman–Crippen LogP) is 5.24. The molecule has 14 heavy (non-hydrogen) atoms. The zero-order valence-corrected chi connectivity index (χ0v) is 12.6. The molecule has 2 heteroatoms. The van der Waals surface area contributed by atoms with Crippen LogP contribution < -0.4 is 0 Å². The van der Waals surface area contributed by atoms with Crippen LogP contribution in [-0.2, 0) is 0 Å². The highest BCUT2D eigenvalue weighted by atomic mass is 33.1. The van der Waals surface area contributed by atoms with Crippen molar-refractivity contribution in [2.75, 3.05) is 0 Å². The summed E-state index contributed by atoms with van der Waals surface area (Å²) in [5, 5.41) is 1.41. The van der Waals surface area contributed by atoms with Gasteiger partial charge in [-0.15, -0.1) is 0 Å². The SMILES string of the molecule is CC(SSC(C)C(C)(C)C)C(C)(C)C. The van der Waals surface area contributed by atoms with Crippen LogP contribution in [0.1, 0.15) is 55.4 Å². The molecule has 0 saturated heterocycles. The first-order valence-corrected chi connectivity index (χ1v) is 7.65. The van der Waals surface area contributed by atoms with Crippen molar-refractivity contribution >= 4 is 21.6 Å². The lowest BCUT2D eigenvalue weighted by Crippen LogP contribution is -2.22. The van der Waals surface area contributed by atoms with Gasteiger partial charge in [0.25, 0.3) is 0 Å². The zero-order chi connectivity index (χ0) is 11.6. The maximum absolute atomic E-state index is 2.33. The van der Waals surface area contributed by atoms with Crippen molar-refractivity contribution in [2.45, 2.75) is 65.9 Å². The van der Waals surface area contributed by atoms with Gasteiger partial charge in [-0.2, -0.15) is 0 Å². The van der Waals surface area contributed by atoms with E-state index in [4.69, 9.17) is 0 Å². The minimum Gasteiger partial charge on any atom is -0.0902 e. The average molecular weight is 234 g/mol. The van der Waals surface area contributed by atoms with Crippen molar-refractivity contribution in [3.8, 4) is 0 Å². The maximum Gasteiger partial charge on any atom is 0.0171 e. The summed E-state index contributed by atoms with van der Waals surface area (Å²) in [6, 6.07) is 0. The Kier molecular flexibility index (Phi) is 5.41. The molecule has 0 saturated carbocycles. The van der Waals surface area contributed by atoms with Gasteiger partial charge in [-0.05, 0) is 10.8 Å². The minimum absolute atomic E-state index is 0.412. The number of hydrogen-bond donors (Lipinski definition) is 0. The van der Waals surface area contributed by atoms with Crippen molar-refractivity contribution < 1.29 is 0 Å². The lowest BCUT2D eigenvalue weighted by Gasteiger charge is -2.31. The van der Waals surface area contributed by atoms with E-state index in [1.807, 2.05) is 21.6 Å². The summed E-state index contributed by atoms with van der Waals surface area (Å²) >= 11 is 0. The van der Waals surface area contributed by atoms with Gasteiger partial charge in [0.2, 0.25) is 0 Å². The Bertz CT molecular complexity index is 142. The van der Waals surface area contributed by atoms with Crippen molar-refractivity contribution in [3.63, 3.8) is 0 Å². The Morgan fingerprint density at radius 1 is 0.643 bits per heavy atom. The molecule has 0 spiro atoms. The monoisotopic (exact) mass is 234 g/mol. The van der Waals surface area contributed by atoms with Crippen molar-refractivity contribution in [1.29, 1.82) is 0 Å². The van der Waals surface area contributed by atoms with Crippen LogP contribution in [0, 0.1) is 10.8 Å². The van der Waals surface area contributed by atoms with Crippen LogP contribution in [-0.4, -0.2) is 10.5 Å². The Balaban J connectivity index is 3.96. The molecule has 0 aliphatic carbocycles. The molecule has 86 valence electrons. The quantitative estimate of drug-likeness (QED) is 0.613. The van der Waals surface area contributed by atoms with E-state index in [-0.39, 0.29) is 0 Å². The molecule has 0 aromatic rings. The summed E-state index contributed by atoms with van der Waals surface area (Å²) in [6.07, 6.45) is 0. The summed E-state index contributed by atoms with van der Waals surface area (Å²) in [6.45, 7) is 18.5. The fraction of sp³-hybridized carbons (Fsp3) is 1.00. The Morgan fingerprint density at radius 3 is 1.00 bits per heavy atom. The highest BCUT2D eigenvalue weighted by molar-refractivity contribution is 8.77. The first-order chi connectivity index (χ1) is 6.05. The van der Waals surface area contributed by atoms with E-state index < -0.39 is 0 Å². The van der Waals surface area contributed by atoms with Crippen LogP contribution in [0.2, 0.25) is 0 Å². The number of rotatable bonds is 3. The van der Waals surface area contributed by atoms with Gasteiger partial charge in [-0.1, -0.05) is 77.0 Å². The molecule has 0 rings (SSSR count). The Labute approximate surface area is 98.4 Å². The van der Waals surface area contributed by atoms with E-state index in [2.05, 4.69) is 55.4 Å². The standard InChI is InChI=1S/C12H26S2/c1-9(11(3,4)5)13-14-10(2)12(6,7)8/h9-10H,1-8H3. The third kappa shape index (κ3) is 5.55. The van der Waals surface area contributed by atoms with Crippen molar-refractivity contribution in [3.05, 3.63) is 0 Å². The van der Waals surface area contributed by atoms with E-state index in [1.54, 1.807) is 0 Å². The summed E-state index contributed by atoms with van der Waals surface area (Å²) in [5.41, 5.74) is 0.824. The predicted molar refractivity (Wildman–Crippen MR) is 73.0 cm³/mol.